The summed E-state index contributed by atoms with van der Waals surface area (Å²) in [6.45, 7) is 3.82. The Bertz CT molecular complexity index is 895. The molecule has 0 bridgehead atoms. The quantitative estimate of drug-likeness (QED) is 0.719. The van der Waals surface area contributed by atoms with E-state index >= 15 is 0 Å². The van der Waals surface area contributed by atoms with Crippen LogP contribution in [0.3, 0.4) is 0 Å². The second-order valence-electron chi connectivity index (χ2n) is 6.46. The van der Waals surface area contributed by atoms with Crippen LogP contribution in [0.4, 0.5) is 22.7 Å². The number of ketones is 1. The Morgan fingerprint density at radius 2 is 1.35 bits per heavy atom. The fraction of sp³-hybridized carbons (Fsp3) is 0.200. The number of nitrogens with zero attached hydrogens (tertiary/aromatic N) is 2. The molecule has 6 heteroatoms. The Hall–Kier alpha value is -3.28. The van der Waals surface area contributed by atoms with Gasteiger partial charge in [-0.1, -0.05) is 0 Å². The van der Waals surface area contributed by atoms with Crippen molar-refractivity contribution in [3.05, 3.63) is 47.5 Å². The van der Waals surface area contributed by atoms with Gasteiger partial charge in [-0.3, -0.25) is 9.79 Å². The van der Waals surface area contributed by atoms with Crippen molar-refractivity contribution in [1.82, 2.24) is 0 Å². The lowest BCUT2D eigenvalue weighted by molar-refractivity contribution is -0.112. The van der Waals surface area contributed by atoms with E-state index in [0.717, 1.165) is 16.8 Å². The number of hydrogen-bond donors (Lipinski definition) is 3. The highest BCUT2D eigenvalue weighted by molar-refractivity contribution is 6.61. The van der Waals surface area contributed by atoms with Crippen molar-refractivity contribution >= 4 is 45.7 Å². The van der Waals surface area contributed by atoms with Gasteiger partial charge < -0.3 is 16.9 Å². The van der Waals surface area contributed by atoms with E-state index in [2.05, 4.69) is 9.98 Å². The molecule has 0 unspecified atom stereocenters. The molecule has 2 aromatic carbocycles. The molecule has 1 fully saturated rings. The molecule has 0 saturated heterocycles. The molecule has 0 amide bonds. The summed E-state index contributed by atoms with van der Waals surface area (Å²) in [5.74, 6) is -0.140. The Morgan fingerprint density at radius 1 is 0.846 bits per heavy atom. The van der Waals surface area contributed by atoms with E-state index < -0.39 is 0 Å². The molecule has 3 rings (SSSR count). The van der Waals surface area contributed by atoms with Gasteiger partial charge in [0.05, 0.1) is 34.9 Å². The van der Waals surface area contributed by atoms with Gasteiger partial charge in [-0.05, 0) is 61.4 Å². The molecule has 132 valence electrons. The maximum absolute atomic E-state index is 12.3. The van der Waals surface area contributed by atoms with Crippen LogP contribution in [0.1, 0.15) is 24.0 Å². The normalized spacial score (nSPS) is 17.9. The van der Waals surface area contributed by atoms with Gasteiger partial charge in [-0.25, -0.2) is 4.99 Å². The predicted molar refractivity (Wildman–Crippen MR) is 107 cm³/mol. The standard InChI is InChI=1S/C20H21N5O/c1-11-7-13(21)3-5-16(11)24-18-10-19(20(26)9-15(18)23)25-17-6-4-14(22)8-12(17)2/h3-8,23H,9-10,21-22H2,1-2H3. The van der Waals surface area contributed by atoms with Crippen molar-refractivity contribution in [3.63, 3.8) is 0 Å². The van der Waals surface area contributed by atoms with Gasteiger partial charge in [0.15, 0.2) is 5.78 Å². The summed E-state index contributed by atoms with van der Waals surface area (Å²) >= 11 is 0. The van der Waals surface area contributed by atoms with E-state index in [0.29, 0.717) is 28.5 Å². The fourth-order valence-corrected chi connectivity index (χ4v) is 2.84. The molecular weight excluding hydrogens is 326 g/mol. The smallest absolute Gasteiger partial charge is 0.183 e. The van der Waals surface area contributed by atoms with Crippen LogP contribution >= 0.6 is 0 Å². The second-order valence-corrected chi connectivity index (χ2v) is 6.46. The number of aryl methyl sites for hydroxylation is 2. The lowest BCUT2D eigenvalue weighted by atomic mass is 9.92. The molecule has 0 heterocycles. The van der Waals surface area contributed by atoms with Crippen LogP contribution in [0.15, 0.2) is 46.4 Å². The summed E-state index contributed by atoms with van der Waals surface area (Å²) in [4.78, 5) is 21.4. The van der Waals surface area contributed by atoms with Crippen LogP contribution in [-0.2, 0) is 4.79 Å². The highest BCUT2D eigenvalue weighted by Gasteiger charge is 2.26. The number of nitrogens with one attached hydrogen (secondary N) is 1. The van der Waals surface area contributed by atoms with Crippen LogP contribution in [-0.4, -0.2) is 22.9 Å². The van der Waals surface area contributed by atoms with Gasteiger partial charge in [0.1, 0.15) is 0 Å². The number of nitrogens with two attached hydrogens (primary N) is 2. The number of nitrogen functional groups attached to an aromatic ring is 2. The van der Waals surface area contributed by atoms with Crippen molar-refractivity contribution in [2.24, 2.45) is 9.98 Å². The second kappa shape index (κ2) is 6.92. The minimum Gasteiger partial charge on any atom is -0.399 e. The largest absolute Gasteiger partial charge is 0.399 e. The Morgan fingerprint density at radius 3 is 1.85 bits per heavy atom. The number of carbonyl (C=O) groups is 1. The van der Waals surface area contributed by atoms with Crippen LogP contribution in [0.25, 0.3) is 0 Å². The van der Waals surface area contributed by atoms with Crippen LogP contribution in [0, 0.1) is 19.3 Å². The first-order valence-corrected chi connectivity index (χ1v) is 8.32. The maximum atomic E-state index is 12.3. The number of rotatable bonds is 2. The van der Waals surface area contributed by atoms with Crippen LogP contribution in [0.5, 0.6) is 0 Å². The minimum absolute atomic E-state index is 0.0136. The fourth-order valence-electron chi connectivity index (χ4n) is 2.84. The molecule has 26 heavy (non-hydrogen) atoms. The molecule has 5 N–H and O–H groups in total. The molecule has 1 saturated carbocycles. The van der Waals surface area contributed by atoms with Gasteiger partial charge in [0, 0.05) is 17.8 Å². The first-order valence-electron chi connectivity index (χ1n) is 8.32. The van der Waals surface area contributed by atoms with Gasteiger partial charge in [0.2, 0.25) is 0 Å². The molecule has 2 aromatic rings. The predicted octanol–water partition coefficient (Wildman–Crippen LogP) is 3.70. The number of anilines is 2. The van der Waals surface area contributed by atoms with E-state index in [4.69, 9.17) is 16.9 Å². The number of Topliss-reactive ketones (excluding diaryl/α,β-unsaturated/α-hetero) is 1. The molecular formula is C20H21N5O. The summed E-state index contributed by atoms with van der Waals surface area (Å²) in [6.07, 6.45) is 0.255. The number of benzene rings is 2. The van der Waals surface area contributed by atoms with Gasteiger partial charge in [0.25, 0.3) is 0 Å². The van der Waals surface area contributed by atoms with E-state index in [-0.39, 0.29) is 24.3 Å². The molecule has 6 nitrogen and oxygen atoms in total. The van der Waals surface area contributed by atoms with Crippen molar-refractivity contribution in [1.29, 1.82) is 5.41 Å². The highest BCUT2D eigenvalue weighted by atomic mass is 16.1. The van der Waals surface area contributed by atoms with Gasteiger partial charge in [-0.15, -0.1) is 0 Å². The molecule has 0 aliphatic heterocycles. The van der Waals surface area contributed by atoms with E-state index in [1.54, 1.807) is 18.2 Å². The zero-order chi connectivity index (χ0) is 18.8. The SMILES string of the molecule is Cc1cc(N)ccc1N=C1CC(=Nc2ccc(N)cc2C)C(=O)CC1=N. The summed E-state index contributed by atoms with van der Waals surface area (Å²) in [5, 5.41) is 8.13. The molecule has 0 atom stereocenters. The Balaban J connectivity index is 1.96. The van der Waals surface area contributed by atoms with Gasteiger partial charge >= 0.3 is 0 Å². The number of hydrogen-bond acceptors (Lipinski definition) is 6. The zero-order valence-electron chi connectivity index (χ0n) is 14.8. The highest BCUT2D eigenvalue weighted by Crippen LogP contribution is 2.25. The number of aliphatic imine (C=N–C) groups is 2. The summed E-state index contributed by atoms with van der Waals surface area (Å²) in [6, 6.07) is 10.8. The first kappa shape index (κ1) is 17.5. The van der Waals surface area contributed by atoms with Gasteiger partial charge in [-0.2, -0.15) is 0 Å². The first-order chi connectivity index (χ1) is 12.3. The van der Waals surface area contributed by atoms with E-state index in [1.165, 1.54) is 0 Å². The third kappa shape index (κ3) is 3.69. The number of carbonyl (C=O) groups excluding carboxylic acids is 1. The Kier molecular flexibility index (Phi) is 4.67. The molecule has 1 aliphatic rings. The van der Waals surface area contributed by atoms with E-state index in [1.807, 2.05) is 32.0 Å². The third-order valence-electron chi connectivity index (χ3n) is 4.29. The minimum atomic E-state index is -0.140. The zero-order valence-corrected chi connectivity index (χ0v) is 14.8. The van der Waals surface area contributed by atoms with Crippen LogP contribution in [0.2, 0.25) is 0 Å². The molecule has 0 radical (unpaired) electrons. The van der Waals surface area contributed by atoms with Crippen molar-refractivity contribution in [2.75, 3.05) is 11.5 Å². The average molecular weight is 347 g/mol. The van der Waals surface area contributed by atoms with Crippen molar-refractivity contribution in [3.8, 4) is 0 Å². The third-order valence-corrected chi connectivity index (χ3v) is 4.29. The van der Waals surface area contributed by atoms with Crippen LogP contribution < -0.4 is 11.5 Å². The summed E-state index contributed by atoms with van der Waals surface area (Å²) < 4.78 is 0. The topological polar surface area (TPSA) is 118 Å². The molecule has 0 aromatic heterocycles. The summed E-state index contributed by atoms with van der Waals surface area (Å²) in [7, 11) is 0. The maximum Gasteiger partial charge on any atom is 0.183 e. The Labute approximate surface area is 152 Å². The molecule has 1 aliphatic carbocycles. The molecule has 0 spiro atoms. The van der Waals surface area contributed by atoms with E-state index in [9.17, 15) is 4.79 Å². The lowest BCUT2D eigenvalue weighted by Gasteiger charge is -2.17. The summed E-state index contributed by atoms with van der Waals surface area (Å²) in [5.41, 5.74) is 17.4. The van der Waals surface area contributed by atoms with Crippen molar-refractivity contribution in [2.45, 2.75) is 26.7 Å². The lowest BCUT2D eigenvalue weighted by Crippen LogP contribution is -2.32. The van der Waals surface area contributed by atoms with Crippen molar-refractivity contribution < 1.29 is 4.79 Å². The average Bonchev–Trinajstić information content (AvgIpc) is 2.56. The monoisotopic (exact) mass is 347 g/mol.